The first-order chi connectivity index (χ1) is 4.97. The molecule has 0 bridgehead atoms. The molecule has 2 N–H and O–H groups in total. The summed E-state index contributed by atoms with van der Waals surface area (Å²) in [5, 5.41) is 0. The van der Waals surface area contributed by atoms with E-state index < -0.39 is 0 Å². The SMILES string of the molecule is [c]1ccc2c(c1)CNNC2. The number of nitrogens with one attached hydrogen (secondary N) is 2. The highest BCUT2D eigenvalue weighted by Gasteiger charge is 2.04. The van der Waals surface area contributed by atoms with E-state index in [-0.39, 0.29) is 0 Å². The van der Waals surface area contributed by atoms with Crippen LogP contribution in [0.5, 0.6) is 0 Å². The van der Waals surface area contributed by atoms with Crippen LogP contribution in [0, 0.1) is 6.07 Å². The van der Waals surface area contributed by atoms with Gasteiger partial charge in [0.1, 0.15) is 0 Å². The molecule has 2 nitrogen and oxygen atoms in total. The fourth-order valence-electron chi connectivity index (χ4n) is 1.15. The van der Waals surface area contributed by atoms with E-state index in [4.69, 9.17) is 0 Å². The molecule has 1 aliphatic heterocycles. The van der Waals surface area contributed by atoms with Crippen molar-refractivity contribution in [3.8, 4) is 0 Å². The minimum Gasteiger partial charge on any atom is -0.253 e. The summed E-state index contributed by atoms with van der Waals surface area (Å²) in [6.45, 7) is 1.83. The molecule has 1 aromatic rings. The van der Waals surface area contributed by atoms with Crippen molar-refractivity contribution in [2.75, 3.05) is 0 Å². The predicted molar refractivity (Wildman–Crippen MR) is 39.0 cm³/mol. The zero-order valence-electron chi connectivity index (χ0n) is 5.65. The standard InChI is InChI=1S/C8H9N2/c1-2-4-8-6-10-9-5-7(8)3-1/h1,3-4,9-10H,5-6H2. The molecule has 0 saturated carbocycles. The molecule has 0 unspecified atom stereocenters. The van der Waals surface area contributed by atoms with Gasteiger partial charge in [-0.1, -0.05) is 12.1 Å². The highest BCUT2D eigenvalue weighted by Crippen LogP contribution is 2.09. The Morgan fingerprint density at radius 3 is 2.80 bits per heavy atom. The maximum atomic E-state index is 3.08. The van der Waals surface area contributed by atoms with Crippen LogP contribution in [0.3, 0.4) is 0 Å². The van der Waals surface area contributed by atoms with Crippen LogP contribution >= 0.6 is 0 Å². The lowest BCUT2D eigenvalue weighted by atomic mass is 10.1. The Bertz CT molecular complexity index is 207. The first kappa shape index (κ1) is 5.89. The van der Waals surface area contributed by atoms with Gasteiger partial charge >= 0.3 is 0 Å². The van der Waals surface area contributed by atoms with E-state index in [0.29, 0.717) is 0 Å². The minimum absolute atomic E-state index is 0.909. The average Bonchev–Trinajstić information content (AvgIpc) is 2.05. The molecular formula is C8H9N2. The summed E-state index contributed by atoms with van der Waals surface area (Å²) in [5.74, 6) is 0. The third kappa shape index (κ3) is 0.916. The molecule has 2 heteroatoms. The molecule has 0 aromatic heterocycles. The Hall–Kier alpha value is -0.860. The molecule has 0 saturated heterocycles. The van der Waals surface area contributed by atoms with E-state index in [9.17, 15) is 0 Å². The number of rotatable bonds is 0. The van der Waals surface area contributed by atoms with Crippen LogP contribution in [0.1, 0.15) is 11.1 Å². The number of benzene rings is 1. The quantitative estimate of drug-likeness (QED) is 0.541. The van der Waals surface area contributed by atoms with Crippen LogP contribution in [-0.4, -0.2) is 0 Å². The smallest absolute Gasteiger partial charge is 0.0354 e. The lowest BCUT2D eigenvalue weighted by Crippen LogP contribution is -2.35. The van der Waals surface area contributed by atoms with Gasteiger partial charge in [0.15, 0.2) is 0 Å². The van der Waals surface area contributed by atoms with Gasteiger partial charge < -0.3 is 0 Å². The minimum atomic E-state index is 0.909. The van der Waals surface area contributed by atoms with Crippen molar-refractivity contribution in [1.82, 2.24) is 10.9 Å². The van der Waals surface area contributed by atoms with Crippen LogP contribution in [-0.2, 0) is 13.1 Å². The van der Waals surface area contributed by atoms with E-state index in [1.54, 1.807) is 0 Å². The van der Waals surface area contributed by atoms with E-state index in [0.717, 1.165) is 13.1 Å². The number of fused-ring (bicyclic) bond motifs is 1. The molecule has 0 amide bonds. The molecule has 0 fully saturated rings. The molecule has 1 aliphatic rings. The second kappa shape index (κ2) is 2.40. The van der Waals surface area contributed by atoms with Crippen LogP contribution in [0.25, 0.3) is 0 Å². The van der Waals surface area contributed by atoms with Gasteiger partial charge in [0, 0.05) is 13.1 Å². The normalized spacial score (nSPS) is 16.4. The second-order valence-corrected chi connectivity index (χ2v) is 2.40. The second-order valence-electron chi connectivity index (χ2n) is 2.40. The largest absolute Gasteiger partial charge is 0.253 e. The van der Waals surface area contributed by atoms with Gasteiger partial charge in [0.25, 0.3) is 0 Å². The third-order valence-electron chi connectivity index (χ3n) is 1.73. The molecule has 10 heavy (non-hydrogen) atoms. The number of hydrogen-bond acceptors (Lipinski definition) is 2. The Labute approximate surface area is 60.2 Å². The Balaban J connectivity index is 2.41. The number of hydrazine groups is 1. The van der Waals surface area contributed by atoms with Gasteiger partial charge in [-0.25, -0.2) is 0 Å². The van der Waals surface area contributed by atoms with Crippen molar-refractivity contribution in [2.45, 2.75) is 13.1 Å². The fraction of sp³-hybridized carbons (Fsp3) is 0.250. The van der Waals surface area contributed by atoms with E-state index in [2.05, 4.69) is 23.0 Å². The average molecular weight is 133 g/mol. The molecular weight excluding hydrogens is 124 g/mol. The van der Waals surface area contributed by atoms with Gasteiger partial charge in [-0.2, -0.15) is 0 Å². The molecule has 51 valence electrons. The Kier molecular flexibility index (Phi) is 1.42. The van der Waals surface area contributed by atoms with Crippen molar-refractivity contribution in [1.29, 1.82) is 0 Å². The third-order valence-corrected chi connectivity index (χ3v) is 1.73. The molecule has 2 rings (SSSR count). The molecule has 0 aliphatic carbocycles. The topological polar surface area (TPSA) is 24.1 Å². The van der Waals surface area contributed by atoms with Gasteiger partial charge in [-0.3, -0.25) is 10.9 Å². The van der Waals surface area contributed by atoms with Gasteiger partial charge in [-0.15, -0.1) is 0 Å². The number of hydrogen-bond donors (Lipinski definition) is 2. The van der Waals surface area contributed by atoms with E-state index >= 15 is 0 Å². The van der Waals surface area contributed by atoms with Gasteiger partial charge in [0.2, 0.25) is 0 Å². The summed E-state index contributed by atoms with van der Waals surface area (Å²) in [7, 11) is 0. The van der Waals surface area contributed by atoms with Gasteiger partial charge in [0.05, 0.1) is 0 Å². The van der Waals surface area contributed by atoms with Crippen molar-refractivity contribution < 1.29 is 0 Å². The molecule has 0 atom stereocenters. The molecule has 1 aromatic carbocycles. The molecule has 1 heterocycles. The Morgan fingerprint density at radius 1 is 1.20 bits per heavy atom. The summed E-state index contributed by atoms with van der Waals surface area (Å²) >= 11 is 0. The summed E-state index contributed by atoms with van der Waals surface area (Å²) in [4.78, 5) is 0. The molecule has 0 spiro atoms. The summed E-state index contributed by atoms with van der Waals surface area (Å²) < 4.78 is 0. The van der Waals surface area contributed by atoms with Crippen LogP contribution in [0.2, 0.25) is 0 Å². The zero-order chi connectivity index (χ0) is 6.81. The first-order valence-corrected chi connectivity index (χ1v) is 3.40. The zero-order valence-corrected chi connectivity index (χ0v) is 5.65. The van der Waals surface area contributed by atoms with E-state index in [1.807, 2.05) is 12.1 Å². The van der Waals surface area contributed by atoms with Crippen LogP contribution < -0.4 is 10.9 Å². The van der Waals surface area contributed by atoms with Crippen molar-refractivity contribution in [2.24, 2.45) is 0 Å². The summed E-state index contributed by atoms with van der Waals surface area (Å²) in [6, 6.07) is 9.13. The lowest BCUT2D eigenvalue weighted by Gasteiger charge is -2.16. The van der Waals surface area contributed by atoms with Crippen LogP contribution in [0.4, 0.5) is 0 Å². The molecule has 1 radical (unpaired) electrons. The maximum absolute atomic E-state index is 3.08. The monoisotopic (exact) mass is 133 g/mol. The predicted octanol–water partition coefficient (Wildman–Crippen LogP) is 0.595. The Morgan fingerprint density at radius 2 is 2.00 bits per heavy atom. The first-order valence-electron chi connectivity index (χ1n) is 3.40. The fourth-order valence-corrected chi connectivity index (χ4v) is 1.15. The highest BCUT2D eigenvalue weighted by atomic mass is 15.4. The highest BCUT2D eigenvalue weighted by molar-refractivity contribution is 5.27. The van der Waals surface area contributed by atoms with Crippen molar-refractivity contribution >= 4 is 0 Å². The van der Waals surface area contributed by atoms with Crippen LogP contribution in [0.15, 0.2) is 18.2 Å². The summed E-state index contributed by atoms with van der Waals surface area (Å²) in [5.41, 5.74) is 8.87. The van der Waals surface area contributed by atoms with Crippen molar-refractivity contribution in [3.05, 3.63) is 35.4 Å². The van der Waals surface area contributed by atoms with Gasteiger partial charge in [-0.05, 0) is 23.3 Å². The summed E-state index contributed by atoms with van der Waals surface area (Å²) in [6.07, 6.45) is 0. The van der Waals surface area contributed by atoms with Crippen molar-refractivity contribution in [3.63, 3.8) is 0 Å². The van der Waals surface area contributed by atoms with E-state index in [1.165, 1.54) is 11.1 Å². The lowest BCUT2D eigenvalue weighted by molar-refractivity contribution is 0.496. The maximum Gasteiger partial charge on any atom is 0.0354 e.